The zero-order valence-electron chi connectivity index (χ0n) is 14.2. The molecule has 5 nitrogen and oxygen atoms in total. The van der Waals surface area contributed by atoms with E-state index < -0.39 is 5.82 Å². The van der Waals surface area contributed by atoms with E-state index >= 15 is 0 Å². The maximum atomic E-state index is 13.3. The predicted octanol–water partition coefficient (Wildman–Crippen LogP) is 3.69. The Morgan fingerprint density at radius 2 is 1.67 bits per heavy atom. The molecule has 0 unspecified atom stereocenters. The third kappa shape index (κ3) is 3.40. The van der Waals surface area contributed by atoms with Gasteiger partial charge in [-0.15, -0.1) is 0 Å². The molecule has 0 N–H and O–H groups in total. The summed E-state index contributed by atoms with van der Waals surface area (Å²) in [6.07, 6.45) is 0. The number of amides is 2. The molecular formula is C19H15ClFN3O2S. The summed E-state index contributed by atoms with van der Waals surface area (Å²) >= 11 is 7.07. The molecule has 3 aromatic rings. The molecule has 2 amide bonds. The van der Waals surface area contributed by atoms with Crippen molar-refractivity contribution in [2.45, 2.75) is 0 Å². The van der Waals surface area contributed by atoms with Crippen molar-refractivity contribution in [1.29, 1.82) is 0 Å². The number of nitrogens with zero attached hydrogens (tertiary/aromatic N) is 3. The van der Waals surface area contributed by atoms with Crippen LogP contribution in [-0.4, -0.2) is 52.2 Å². The van der Waals surface area contributed by atoms with Crippen LogP contribution in [0.3, 0.4) is 0 Å². The van der Waals surface area contributed by atoms with E-state index in [1.165, 1.54) is 29.7 Å². The van der Waals surface area contributed by atoms with Crippen LogP contribution in [0.25, 0.3) is 10.1 Å². The number of carbonyl (C=O) groups excluding carboxylic acids is 2. The number of piperazine rings is 1. The van der Waals surface area contributed by atoms with Crippen molar-refractivity contribution in [2.24, 2.45) is 0 Å². The first-order valence-corrected chi connectivity index (χ1v) is 9.58. The molecule has 138 valence electrons. The first-order valence-electron chi connectivity index (χ1n) is 8.42. The highest BCUT2D eigenvalue weighted by Crippen LogP contribution is 2.24. The highest BCUT2D eigenvalue weighted by atomic mass is 35.5. The standard InChI is InChI=1S/C19H15ClFN3O2S/c20-14-11-12(5-6-15(14)21)18(25)23-7-9-24(10-8-23)19(26)17-13-3-1-2-4-16(13)27-22-17/h1-6,11H,7-10H2. The molecule has 27 heavy (non-hydrogen) atoms. The van der Waals surface area contributed by atoms with Crippen molar-refractivity contribution in [1.82, 2.24) is 14.2 Å². The highest BCUT2D eigenvalue weighted by molar-refractivity contribution is 7.13. The third-order valence-corrected chi connectivity index (χ3v) is 5.72. The van der Waals surface area contributed by atoms with E-state index in [-0.39, 0.29) is 16.8 Å². The zero-order valence-corrected chi connectivity index (χ0v) is 15.8. The molecule has 0 atom stereocenters. The minimum Gasteiger partial charge on any atom is -0.335 e. The molecule has 1 aliphatic heterocycles. The molecule has 1 fully saturated rings. The lowest BCUT2D eigenvalue weighted by molar-refractivity contribution is 0.0534. The monoisotopic (exact) mass is 403 g/mol. The maximum Gasteiger partial charge on any atom is 0.274 e. The fourth-order valence-electron chi connectivity index (χ4n) is 3.11. The highest BCUT2D eigenvalue weighted by Gasteiger charge is 2.27. The Balaban J connectivity index is 1.44. The normalized spacial score (nSPS) is 14.6. The second-order valence-corrected chi connectivity index (χ2v) is 7.45. The fraction of sp³-hybridized carbons (Fsp3) is 0.211. The summed E-state index contributed by atoms with van der Waals surface area (Å²) in [4.78, 5) is 28.7. The van der Waals surface area contributed by atoms with Crippen LogP contribution in [0.1, 0.15) is 20.8 Å². The van der Waals surface area contributed by atoms with Crippen LogP contribution in [0.5, 0.6) is 0 Å². The van der Waals surface area contributed by atoms with Gasteiger partial charge in [0.1, 0.15) is 11.5 Å². The Morgan fingerprint density at radius 3 is 2.37 bits per heavy atom. The van der Waals surface area contributed by atoms with Crippen LogP contribution in [0.2, 0.25) is 5.02 Å². The quantitative estimate of drug-likeness (QED) is 0.655. The van der Waals surface area contributed by atoms with Gasteiger partial charge >= 0.3 is 0 Å². The molecular weight excluding hydrogens is 389 g/mol. The molecule has 0 radical (unpaired) electrons. The van der Waals surface area contributed by atoms with E-state index in [2.05, 4.69) is 4.37 Å². The summed E-state index contributed by atoms with van der Waals surface area (Å²) in [6.45, 7) is 1.65. The van der Waals surface area contributed by atoms with E-state index in [0.717, 1.165) is 10.1 Å². The molecule has 0 saturated carbocycles. The van der Waals surface area contributed by atoms with Gasteiger partial charge in [-0.25, -0.2) is 4.39 Å². The Morgan fingerprint density at radius 1 is 1.00 bits per heavy atom. The lowest BCUT2D eigenvalue weighted by Gasteiger charge is -2.34. The van der Waals surface area contributed by atoms with E-state index in [1.54, 1.807) is 9.80 Å². The van der Waals surface area contributed by atoms with Crippen LogP contribution in [0, 0.1) is 5.82 Å². The Kier molecular flexibility index (Phi) is 4.80. The van der Waals surface area contributed by atoms with Gasteiger partial charge in [-0.2, -0.15) is 4.37 Å². The van der Waals surface area contributed by atoms with Gasteiger partial charge in [-0.1, -0.05) is 29.8 Å². The zero-order chi connectivity index (χ0) is 19.0. The van der Waals surface area contributed by atoms with Gasteiger partial charge < -0.3 is 9.80 Å². The van der Waals surface area contributed by atoms with Gasteiger partial charge in [0.2, 0.25) is 0 Å². The fourth-order valence-corrected chi connectivity index (χ4v) is 4.06. The molecule has 0 bridgehead atoms. The average Bonchev–Trinajstić information content (AvgIpc) is 3.13. The van der Waals surface area contributed by atoms with Crippen LogP contribution in [0.15, 0.2) is 42.5 Å². The summed E-state index contributed by atoms with van der Waals surface area (Å²) in [6, 6.07) is 11.6. The van der Waals surface area contributed by atoms with Gasteiger partial charge in [-0.05, 0) is 35.8 Å². The number of benzene rings is 2. The topological polar surface area (TPSA) is 53.5 Å². The molecule has 1 aliphatic rings. The SMILES string of the molecule is O=C(c1ccc(F)c(Cl)c1)N1CCN(C(=O)c2nsc3ccccc23)CC1. The Labute approximate surface area is 164 Å². The smallest absolute Gasteiger partial charge is 0.274 e. The summed E-state index contributed by atoms with van der Waals surface area (Å²) in [7, 11) is 0. The van der Waals surface area contributed by atoms with Gasteiger partial charge in [-0.3, -0.25) is 9.59 Å². The number of halogens is 2. The lowest BCUT2D eigenvalue weighted by atomic mass is 10.1. The van der Waals surface area contributed by atoms with Crippen LogP contribution < -0.4 is 0 Å². The lowest BCUT2D eigenvalue weighted by Crippen LogP contribution is -2.50. The second kappa shape index (κ2) is 7.25. The number of hydrogen-bond acceptors (Lipinski definition) is 4. The molecule has 0 aliphatic carbocycles. The van der Waals surface area contributed by atoms with Crippen molar-refractivity contribution in [2.75, 3.05) is 26.2 Å². The molecule has 2 heterocycles. The van der Waals surface area contributed by atoms with E-state index in [9.17, 15) is 14.0 Å². The third-order valence-electron chi connectivity index (χ3n) is 4.60. The van der Waals surface area contributed by atoms with Gasteiger partial charge in [0, 0.05) is 37.1 Å². The Hall–Kier alpha value is -2.51. The minimum atomic E-state index is -0.556. The molecule has 1 saturated heterocycles. The summed E-state index contributed by atoms with van der Waals surface area (Å²) in [5, 5.41) is 0.775. The van der Waals surface area contributed by atoms with Gasteiger partial charge in [0.05, 0.1) is 9.72 Å². The summed E-state index contributed by atoms with van der Waals surface area (Å²) < 4.78 is 18.6. The van der Waals surface area contributed by atoms with Crippen molar-refractivity contribution in [3.63, 3.8) is 0 Å². The van der Waals surface area contributed by atoms with Crippen LogP contribution >= 0.6 is 23.1 Å². The Bertz CT molecular complexity index is 1030. The van der Waals surface area contributed by atoms with Crippen LogP contribution in [-0.2, 0) is 0 Å². The number of rotatable bonds is 2. The molecule has 1 aromatic heterocycles. The molecule has 4 rings (SSSR count). The number of aromatic nitrogens is 1. The van der Waals surface area contributed by atoms with Gasteiger partial charge in [0.25, 0.3) is 11.8 Å². The molecule has 2 aromatic carbocycles. The molecule has 8 heteroatoms. The van der Waals surface area contributed by atoms with E-state index in [4.69, 9.17) is 11.6 Å². The first kappa shape index (κ1) is 17.9. The van der Waals surface area contributed by atoms with E-state index in [0.29, 0.717) is 37.4 Å². The average molecular weight is 404 g/mol. The van der Waals surface area contributed by atoms with Gasteiger partial charge in [0.15, 0.2) is 0 Å². The van der Waals surface area contributed by atoms with Crippen molar-refractivity contribution >= 4 is 45.0 Å². The largest absolute Gasteiger partial charge is 0.335 e. The van der Waals surface area contributed by atoms with Crippen molar-refractivity contribution in [3.8, 4) is 0 Å². The van der Waals surface area contributed by atoms with Crippen molar-refractivity contribution in [3.05, 3.63) is 64.6 Å². The second-order valence-electron chi connectivity index (χ2n) is 6.24. The van der Waals surface area contributed by atoms with Crippen LogP contribution in [0.4, 0.5) is 4.39 Å². The number of fused-ring (bicyclic) bond motifs is 1. The summed E-state index contributed by atoms with van der Waals surface area (Å²) in [5.41, 5.74) is 0.798. The first-order chi connectivity index (χ1) is 13.0. The van der Waals surface area contributed by atoms with E-state index in [1.807, 2.05) is 24.3 Å². The minimum absolute atomic E-state index is 0.0786. The summed E-state index contributed by atoms with van der Waals surface area (Å²) in [5.74, 6) is -0.897. The predicted molar refractivity (Wildman–Crippen MR) is 103 cm³/mol. The maximum absolute atomic E-state index is 13.3. The number of carbonyl (C=O) groups is 2. The van der Waals surface area contributed by atoms with Crippen molar-refractivity contribution < 1.29 is 14.0 Å². The molecule has 0 spiro atoms. The number of hydrogen-bond donors (Lipinski definition) is 0.